The van der Waals surface area contributed by atoms with E-state index in [-0.39, 0.29) is 17.9 Å². The van der Waals surface area contributed by atoms with Crippen LogP contribution in [0.3, 0.4) is 0 Å². The predicted octanol–water partition coefficient (Wildman–Crippen LogP) is 4.69. The third-order valence-corrected chi connectivity index (χ3v) is 5.06. The van der Waals surface area contributed by atoms with Crippen LogP contribution in [0.1, 0.15) is 26.4 Å². The lowest BCUT2D eigenvalue weighted by Crippen LogP contribution is -2.15. The molecule has 4 aromatic rings. The summed E-state index contributed by atoms with van der Waals surface area (Å²) in [5.41, 5.74) is 2.37. The summed E-state index contributed by atoms with van der Waals surface area (Å²) >= 11 is 0. The van der Waals surface area contributed by atoms with Crippen molar-refractivity contribution in [2.75, 3.05) is 14.2 Å². The average molecular weight is 442 g/mol. The molecular formula is C26H22N2O5. The van der Waals surface area contributed by atoms with Crippen LogP contribution in [0.2, 0.25) is 0 Å². The zero-order valence-electron chi connectivity index (χ0n) is 18.2. The second-order valence-corrected chi connectivity index (χ2v) is 7.06. The first-order chi connectivity index (χ1) is 16.1. The van der Waals surface area contributed by atoms with Crippen LogP contribution in [0, 0.1) is 0 Å². The van der Waals surface area contributed by atoms with E-state index in [9.17, 15) is 9.59 Å². The monoisotopic (exact) mass is 442 g/mol. The number of benzene rings is 3. The molecule has 7 nitrogen and oxygen atoms in total. The molecule has 0 fully saturated rings. The molecule has 0 aliphatic heterocycles. The van der Waals surface area contributed by atoms with E-state index in [0.717, 1.165) is 5.56 Å². The lowest BCUT2D eigenvalue weighted by atomic mass is 10.0. The first-order valence-electron chi connectivity index (χ1n) is 10.2. The van der Waals surface area contributed by atoms with E-state index in [1.165, 1.54) is 18.9 Å². The maximum Gasteiger partial charge on any atom is 0.357 e. The van der Waals surface area contributed by atoms with Crippen molar-refractivity contribution in [1.29, 1.82) is 0 Å². The molecule has 0 N–H and O–H groups in total. The quantitative estimate of drug-likeness (QED) is 0.386. The van der Waals surface area contributed by atoms with Crippen LogP contribution in [-0.2, 0) is 16.1 Å². The number of carbonyl (C=O) groups excluding carboxylic acids is 2. The van der Waals surface area contributed by atoms with E-state index in [1.54, 1.807) is 12.1 Å². The van der Waals surface area contributed by atoms with Gasteiger partial charge in [-0.15, -0.1) is 0 Å². The number of ether oxygens (including phenoxy) is 3. The van der Waals surface area contributed by atoms with Crippen LogP contribution in [-0.4, -0.2) is 35.9 Å². The van der Waals surface area contributed by atoms with Crippen molar-refractivity contribution >= 4 is 11.9 Å². The predicted molar refractivity (Wildman–Crippen MR) is 122 cm³/mol. The lowest BCUT2D eigenvalue weighted by Gasteiger charge is -2.11. The zero-order valence-corrected chi connectivity index (χ0v) is 18.2. The highest BCUT2D eigenvalue weighted by atomic mass is 16.5. The summed E-state index contributed by atoms with van der Waals surface area (Å²) in [5.74, 6) is -0.673. The fraction of sp³-hybridized carbons (Fsp3) is 0.115. The van der Waals surface area contributed by atoms with Gasteiger partial charge in [0.25, 0.3) is 0 Å². The molecule has 0 bridgehead atoms. The summed E-state index contributed by atoms with van der Waals surface area (Å²) in [6.45, 7) is 0.243. The van der Waals surface area contributed by atoms with Crippen LogP contribution >= 0.6 is 0 Å². The van der Waals surface area contributed by atoms with Crippen LogP contribution in [0.25, 0.3) is 16.9 Å². The van der Waals surface area contributed by atoms with Crippen molar-refractivity contribution in [2.24, 2.45) is 0 Å². The molecule has 0 aliphatic carbocycles. The Morgan fingerprint density at radius 1 is 0.788 bits per heavy atom. The molecule has 4 rings (SSSR count). The Morgan fingerprint density at radius 3 is 2.06 bits per heavy atom. The summed E-state index contributed by atoms with van der Waals surface area (Å²) < 4.78 is 17.3. The first kappa shape index (κ1) is 21.8. The Morgan fingerprint density at radius 2 is 1.39 bits per heavy atom. The van der Waals surface area contributed by atoms with E-state index in [1.807, 2.05) is 72.8 Å². The molecule has 0 amide bonds. The van der Waals surface area contributed by atoms with E-state index in [2.05, 4.69) is 5.10 Å². The molecule has 0 spiro atoms. The molecule has 1 aromatic heterocycles. The molecular weight excluding hydrogens is 420 g/mol. The van der Waals surface area contributed by atoms with Gasteiger partial charge >= 0.3 is 11.9 Å². The van der Waals surface area contributed by atoms with E-state index in [0.29, 0.717) is 22.7 Å². The second-order valence-electron chi connectivity index (χ2n) is 7.06. The van der Waals surface area contributed by atoms with Gasteiger partial charge in [0.05, 0.1) is 19.9 Å². The standard InChI is InChI=1S/C26H22N2O5/c1-31-25(29)22-23(27-28(24(22)26(30)32-2)19-12-5-3-6-13-19)21-16-10-9-11-18(21)17-33-20-14-7-4-8-15-20/h3-16H,17H2,1-2H3. The van der Waals surface area contributed by atoms with E-state index >= 15 is 0 Å². The molecule has 3 aromatic carbocycles. The van der Waals surface area contributed by atoms with Gasteiger partial charge in [-0.3, -0.25) is 0 Å². The van der Waals surface area contributed by atoms with Gasteiger partial charge in [-0.05, 0) is 29.8 Å². The number of hydrogen-bond donors (Lipinski definition) is 0. The van der Waals surface area contributed by atoms with Crippen molar-refractivity contribution in [3.8, 4) is 22.7 Å². The fourth-order valence-corrected chi connectivity index (χ4v) is 3.50. The molecule has 0 atom stereocenters. The highest BCUT2D eigenvalue weighted by molar-refractivity contribution is 6.07. The van der Waals surface area contributed by atoms with Gasteiger partial charge in [-0.1, -0.05) is 60.7 Å². The Kier molecular flexibility index (Phi) is 6.50. The van der Waals surface area contributed by atoms with Crippen LogP contribution in [0.5, 0.6) is 5.75 Å². The highest BCUT2D eigenvalue weighted by Crippen LogP contribution is 2.32. The van der Waals surface area contributed by atoms with Gasteiger partial charge in [0.2, 0.25) is 0 Å². The summed E-state index contributed by atoms with van der Waals surface area (Å²) in [4.78, 5) is 25.6. The van der Waals surface area contributed by atoms with E-state index < -0.39 is 11.9 Å². The topological polar surface area (TPSA) is 79.7 Å². The number of aromatic nitrogens is 2. The van der Waals surface area contributed by atoms with Gasteiger partial charge in [-0.2, -0.15) is 5.10 Å². The minimum Gasteiger partial charge on any atom is -0.489 e. The normalized spacial score (nSPS) is 10.5. The van der Waals surface area contributed by atoms with Crippen molar-refractivity contribution in [1.82, 2.24) is 9.78 Å². The Balaban J connectivity index is 1.88. The third-order valence-electron chi connectivity index (χ3n) is 5.06. The summed E-state index contributed by atoms with van der Waals surface area (Å²) in [7, 11) is 2.52. The van der Waals surface area contributed by atoms with Crippen LogP contribution < -0.4 is 4.74 Å². The number of nitrogens with zero attached hydrogens (tertiary/aromatic N) is 2. The Labute approximate surface area is 191 Å². The molecule has 166 valence electrons. The zero-order chi connectivity index (χ0) is 23.2. The smallest absolute Gasteiger partial charge is 0.357 e. The third kappa shape index (κ3) is 4.48. The molecule has 0 unspecified atom stereocenters. The van der Waals surface area contributed by atoms with Crippen molar-refractivity contribution in [3.63, 3.8) is 0 Å². The van der Waals surface area contributed by atoms with Gasteiger partial charge in [0.1, 0.15) is 23.6 Å². The largest absolute Gasteiger partial charge is 0.489 e. The number of para-hydroxylation sites is 2. The molecule has 7 heteroatoms. The number of esters is 2. The van der Waals surface area contributed by atoms with E-state index in [4.69, 9.17) is 14.2 Å². The SMILES string of the molecule is COC(=O)c1c(-c2ccccc2COc2ccccc2)nn(-c2ccccc2)c1C(=O)OC. The summed E-state index contributed by atoms with van der Waals surface area (Å²) in [6.07, 6.45) is 0. The highest BCUT2D eigenvalue weighted by Gasteiger charge is 2.32. The Hall–Kier alpha value is -4.39. The van der Waals surface area contributed by atoms with Crippen LogP contribution in [0.4, 0.5) is 0 Å². The minimum atomic E-state index is -0.698. The maximum absolute atomic E-state index is 12.9. The first-order valence-corrected chi connectivity index (χ1v) is 10.2. The van der Waals surface area contributed by atoms with Crippen molar-refractivity contribution in [3.05, 3.63) is 102 Å². The number of methoxy groups -OCH3 is 2. The number of hydrogen-bond acceptors (Lipinski definition) is 6. The molecule has 1 heterocycles. The summed E-state index contributed by atoms with van der Waals surface area (Å²) in [5, 5.41) is 4.66. The van der Waals surface area contributed by atoms with Gasteiger partial charge in [0.15, 0.2) is 5.69 Å². The second kappa shape index (κ2) is 9.82. The molecule has 0 saturated carbocycles. The van der Waals surface area contributed by atoms with Crippen molar-refractivity contribution in [2.45, 2.75) is 6.61 Å². The minimum absolute atomic E-state index is 0.00988. The molecule has 0 aliphatic rings. The van der Waals surface area contributed by atoms with Crippen LogP contribution in [0.15, 0.2) is 84.9 Å². The lowest BCUT2D eigenvalue weighted by molar-refractivity contribution is 0.0549. The summed E-state index contributed by atoms with van der Waals surface area (Å²) in [6, 6.07) is 25.9. The fourth-order valence-electron chi connectivity index (χ4n) is 3.50. The van der Waals surface area contributed by atoms with Gasteiger partial charge < -0.3 is 14.2 Å². The van der Waals surface area contributed by atoms with Crippen molar-refractivity contribution < 1.29 is 23.8 Å². The number of rotatable bonds is 7. The van der Waals surface area contributed by atoms with Gasteiger partial charge in [0, 0.05) is 5.56 Å². The van der Waals surface area contributed by atoms with Gasteiger partial charge in [-0.25, -0.2) is 14.3 Å². The average Bonchev–Trinajstić information content (AvgIpc) is 3.28. The Bertz CT molecular complexity index is 1270. The number of carbonyl (C=O) groups is 2. The molecule has 33 heavy (non-hydrogen) atoms. The maximum atomic E-state index is 12.9. The molecule has 0 radical (unpaired) electrons. The molecule has 0 saturated heterocycles.